The molecular weight excluding hydrogens is 461 g/mol. The molecule has 2 aromatic heterocycles. The Morgan fingerprint density at radius 2 is 1.90 bits per heavy atom. The van der Waals surface area contributed by atoms with Crippen molar-refractivity contribution in [2.75, 3.05) is 5.32 Å². The second-order valence-electron chi connectivity index (χ2n) is 7.09. The van der Waals surface area contributed by atoms with Crippen molar-refractivity contribution < 1.29 is 18.8 Å². The van der Waals surface area contributed by atoms with E-state index in [4.69, 9.17) is 0 Å². The van der Waals surface area contributed by atoms with E-state index in [1.54, 1.807) is 0 Å². The summed E-state index contributed by atoms with van der Waals surface area (Å²) in [6.07, 6.45) is 0. The standard InChI is InChI=1S/C20H14FN3O4S3/c21-9-3-5-10(6-4-9)22-12(25)8-24-19-16(31-20(24)28)13(11-2-1-7-29-11)14-15(30-19)18(27)23-17(14)26/h1-7,13-15H,8H2,(H,22,25)(H,23,26,27)/t13-,14+,15-/m0/s1. The van der Waals surface area contributed by atoms with Gasteiger partial charge in [0.2, 0.25) is 17.7 Å². The van der Waals surface area contributed by atoms with Gasteiger partial charge in [0.25, 0.3) is 0 Å². The second-order valence-corrected chi connectivity index (χ2v) is 10.2. The van der Waals surface area contributed by atoms with Crippen LogP contribution in [-0.4, -0.2) is 27.5 Å². The SMILES string of the molecule is O=C(Cn1c2c(sc1=O)[C@@H](c1cccs1)[C@H]1C(=O)NC(=O)[C@H]1S2)Nc1ccc(F)cc1. The number of carbonyl (C=O) groups excluding carboxylic acids is 3. The number of thioether (sulfide) groups is 1. The summed E-state index contributed by atoms with van der Waals surface area (Å²) in [4.78, 5) is 51.5. The van der Waals surface area contributed by atoms with E-state index in [1.165, 1.54) is 40.2 Å². The molecule has 0 aliphatic carbocycles. The predicted octanol–water partition coefficient (Wildman–Crippen LogP) is 2.63. The molecule has 3 atom stereocenters. The summed E-state index contributed by atoms with van der Waals surface area (Å²) in [7, 11) is 0. The van der Waals surface area contributed by atoms with E-state index in [0.29, 0.717) is 15.6 Å². The number of thiophene rings is 1. The maximum absolute atomic E-state index is 13.1. The average molecular weight is 476 g/mol. The third-order valence-corrected chi connectivity index (χ3v) is 8.74. The van der Waals surface area contributed by atoms with Gasteiger partial charge in [-0.25, -0.2) is 4.39 Å². The number of hydrogen-bond donors (Lipinski definition) is 2. The van der Waals surface area contributed by atoms with E-state index in [0.717, 1.165) is 28.0 Å². The minimum atomic E-state index is -0.660. The zero-order valence-electron chi connectivity index (χ0n) is 15.7. The summed E-state index contributed by atoms with van der Waals surface area (Å²) in [5, 5.41) is 6.80. The lowest BCUT2D eigenvalue weighted by molar-refractivity contribution is -0.126. The largest absolute Gasteiger partial charge is 0.325 e. The first-order chi connectivity index (χ1) is 14.9. The molecule has 0 saturated carbocycles. The maximum atomic E-state index is 13.1. The molecule has 2 N–H and O–H groups in total. The Morgan fingerprint density at radius 3 is 2.61 bits per heavy atom. The fourth-order valence-electron chi connectivity index (χ4n) is 3.83. The quantitative estimate of drug-likeness (QED) is 0.566. The highest BCUT2D eigenvalue weighted by Crippen LogP contribution is 2.52. The number of anilines is 1. The highest BCUT2D eigenvalue weighted by Gasteiger charge is 2.53. The third kappa shape index (κ3) is 3.52. The smallest absolute Gasteiger partial charge is 0.308 e. The van der Waals surface area contributed by atoms with Gasteiger partial charge in [-0.2, -0.15) is 0 Å². The molecule has 1 saturated heterocycles. The highest BCUT2D eigenvalue weighted by atomic mass is 32.2. The topological polar surface area (TPSA) is 97.3 Å². The molecule has 0 bridgehead atoms. The molecule has 2 aliphatic rings. The van der Waals surface area contributed by atoms with Crippen molar-refractivity contribution in [1.82, 2.24) is 9.88 Å². The summed E-state index contributed by atoms with van der Waals surface area (Å²) in [5.74, 6) is -2.59. The molecule has 0 radical (unpaired) electrons. The fourth-order valence-corrected chi connectivity index (χ4v) is 7.52. The summed E-state index contributed by atoms with van der Waals surface area (Å²) in [6, 6.07) is 9.07. The van der Waals surface area contributed by atoms with Gasteiger partial charge >= 0.3 is 4.87 Å². The first-order valence-electron chi connectivity index (χ1n) is 9.26. The summed E-state index contributed by atoms with van der Waals surface area (Å²) in [6.45, 7) is -0.251. The average Bonchev–Trinajstić information content (AvgIpc) is 3.43. The molecule has 2 aliphatic heterocycles. The van der Waals surface area contributed by atoms with Crippen LogP contribution >= 0.6 is 34.4 Å². The Kier molecular flexibility index (Phi) is 5.03. The highest BCUT2D eigenvalue weighted by molar-refractivity contribution is 8.00. The van der Waals surface area contributed by atoms with Crippen molar-refractivity contribution in [1.29, 1.82) is 0 Å². The molecule has 7 nitrogen and oxygen atoms in total. The van der Waals surface area contributed by atoms with Gasteiger partial charge < -0.3 is 5.32 Å². The number of thiazole rings is 1. The van der Waals surface area contributed by atoms with Gasteiger partial charge in [-0.3, -0.25) is 29.1 Å². The molecule has 31 heavy (non-hydrogen) atoms. The number of fused-ring (bicyclic) bond motifs is 2. The van der Waals surface area contributed by atoms with Crippen LogP contribution < -0.4 is 15.5 Å². The van der Waals surface area contributed by atoms with Gasteiger partial charge in [-0.05, 0) is 35.7 Å². The summed E-state index contributed by atoms with van der Waals surface area (Å²) < 4.78 is 14.4. The van der Waals surface area contributed by atoms with Crippen molar-refractivity contribution >= 4 is 57.8 Å². The van der Waals surface area contributed by atoms with E-state index in [-0.39, 0.29) is 23.2 Å². The van der Waals surface area contributed by atoms with Gasteiger partial charge in [-0.1, -0.05) is 29.2 Å². The molecular formula is C20H14FN3O4S3. The third-order valence-electron chi connectivity index (χ3n) is 5.17. The molecule has 3 amide bonds. The van der Waals surface area contributed by atoms with Crippen molar-refractivity contribution in [3.8, 4) is 0 Å². The lowest BCUT2D eigenvalue weighted by Gasteiger charge is -2.29. The van der Waals surface area contributed by atoms with E-state index in [1.807, 2.05) is 17.5 Å². The van der Waals surface area contributed by atoms with Gasteiger partial charge in [-0.15, -0.1) is 11.3 Å². The Labute approximate surface area is 187 Å². The molecule has 0 spiro atoms. The minimum Gasteiger partial charge on any atom is -0.325 e. The van der Waals surface area contributed by atoms with Gasteiger partial charge in [0.1, 0.15) is 17.6 Å². The molecule has 1 aromatic carbocycles. The van der Waals surface area contributed by atoms with Crippen molar-refractivity contribution in [3.63, 3.8) is 0 Å². The van der Waals surface area contributed by atoms with Crippen LogP contribution in [0.25, 0.3) is 0 Å². The van der Waals surface area contributed by atoms with Crippen molar-refractivity contribution in [2.45, 2.75) is 22.7 Å². The normalized spacial score (nSPS) is 22.0. The van der Waals surface area contributed by atoms with Crippen LogP contribution in [0, 0.1) is 11.7 Å². The first kappa shape index (κ1) is 20.2. The number of nitrogens with zero attached hydrogens (tertiary/aromatic N) is 1. The van der Waals surface area contributed by atoms with Crippen LogP contribution in [-0.2, 0) is 20.9 Å². The predicted molar refractivity (Wildman–Crippen MR) is 116 cm³/mol. The van der Waals surface area contributed by atoms with Gasteiger partial charge in [0.05, 0.1) is 10.9 Å². The van der Waals surface area contributed by atoms with Crippen LogP contribution in [0.5, 0.6) is 0 Å². The number of hydrogen-bond acceptors (Lipinski definition) is 7. The monoisotopic (exact) mass is 475 g/mol. The first-order valence-corrected chi connectivity index (χ1v) is 11.8. The lowest BCUT2D eigenvalue weighted by atomic mass is 9.87. The van der Waals surface area contributed by atoms with E-state index >= 15 is 0 Å². The van der Waals surface area contributed by atoms with Crippen LogP contribution in [0.15, 0.2) is 51.6 Å². The van der Waals surface area contributed by atoms with Crippen LogP contribution in [0.1, 0.15) is 15.7 Å². The number of benzene rings is 1. The second kappa shape index (κ2) is 7.74. The molecule has 5 rings (SSSR count). The number of imide groups is 1. The number of rotatable bonds is 4. The maximum Gasteiger partial charge on any atom is 0.308 e. The molecule has 3 aromatic rings. The fraction of sp³-hybridized carbons (Fsp3) is 0.200. The molecule has 11 heteroatoms. The van der Waals surface area contributed by atoms with Crippen LogP contribution in [0.4, 0.5) is 10.1 Å². The Bertz CT molecular complexity index is 1250. The van der Waals surface area contributed by atoms with E-state index < -0.39 is 28.8 Å². The van der Waals surface area contributed by atoms with Gasteiger partial charge in [0, 0.05) is 21.4 Å². The van der Waals surface area contributed by atoms with Crippen LogP contribution in [0.3, 0.4) is 0 Å². The number of aromatic nitrogens is 1. The summed E-state index contributed by atoms with van der Waals surface area (Å²) in [5.41, 5.74) is 0.411. The number of carbonyl (C=O) groups is 3. The van der Waals surface area contributed by atoms with E-state index in [9.17, 15) is 23.6 Å². The molecule has 4 heterocycles. The van der Waals surface area contributed by atoms with E-state index in [2.05, 4.69) is 10.6 Å². The Balaban J connectivity index is 1.50. The lowest BCUT2D eigenvalue weighted by Crippen LogP contribution is -2.32. The van der Waals surface area contributed by atoms with Crippen molar-refractivity contribution in [2.24, 2.45) is 5.92 Å². The zero-order valence-corrected chi connectivity index (χ0v) is 18.1. The number of amides is 3. The molecule has 1 fully saturated rings. The Morgan fingerprint density at radius 1 is 1.13 bits per heavy atom. The number of nitrogens with one attached hydrogen (secondary N) is 2. The minimum absolute atomic E-state index is 0.251. The molecule has 158 valence electrons. The summed E-state index contributed by atoms with van der Waals surface area (Å²) >= 11 is 3.61. The number of halogens is 1. The van der Waals surface area contributed by atoms with Crippen molar-refractivity contribution in [3.05, 3.63) is 67.0 Å². The van der Waals surface area contributed by atoms with Gasteiger partial charge in [0.15, 0.2) is 0 Å². The molecule has 0 unspecified atom stereocenters. The van der Waals surface area contributed by atoms with Crippen LogP contribution in [0.2, 0.25) is 0 Å². The Hall–Kier alpha value is -2.76. The zero-order chi connectivity index (χ0) is 21.7.